The second kappa shape index (κ2) is 8.46. The molecule has 0 aliphatic heterocycles. The molecule has 0 saturated heterocycles. The second-order valence-corrected chi connectivity index (χ2v) is 8.08. The highest BCUT2D eigenvalue weighted by molar-refractivity contribution is 5.87. The molecule has 0 amide bonds. The first-order valence-corrected chi connectivity index (χ1v) is 10.2. The Morgan fingerprint density at radius 1 is 0.667 bits per heavy atom. The lowest BCUT2D eigenvalue weighted by molar-refractivity contribution is 0.110. The molecule has 30 heavy (non-hydrogen) atoms. The minimum Gasteiger partial charge on any atom is -0.508 e. The van der Waals surface area contributed by atoms with Crippen molar-refractivity contribution in [1.82, 2.24) is 0 Å². The Bertz CT molecular complexity index is 1120. The van der Waals surface area contributed by atoms with Gasteiger partial charge < -0.3 is 9.84 Å². The zero-order valence-electron chi connectivity index (χ0n) is 17.4. The molecular formula is C28H26O2. The van der Waals surface area contributed by atoms with Gasteiger partial charge in [0.1, 0.15) is 17.1 Å². The first-order valence-electron chi connectivity index (χ1n) is 10.2. The van der Waals surface area contributed by atoms with Crippen LogP contribution >= 0.6 is 0 Å². The van der Waals surface area contributed by atoms with Crippen molar-refractivity contribution >= 4 is 0 Å². The summed E-state index contributed by atoms with van der Waals surface area (Å²) in [5.74, 6) is 1.14. The molecule has 0 aromatic heterocycles. The average Bonchev–Trinajstić information content (AvgIpc) is 2.76. The summed E-state index contributed by atoms with van der Waals surface area (Å²) in [6.07, 6.45) is 0.601. The molecule has 2 heteroatoms. The van der Waals surface area contributed by atoms with Gasteiger partial charge in [0, 0.05) is 12.0 Å². The second-order valence-electron chi connectivity index (χ2n) is 8.08. The Hall–Kier alpha value is -3.52. The molecule has 150 valence electrons. The number of aromatic hydroxyl groups is 1. The fourth-order valence-corrected chi connectivity index (χ4v) is 3.83. The quantitative estimate of drug-likeness (QED) is 0.377. The number of phenols is 1. The molecule has 0 unspecified atom stereocenters. The van der Waals surface area contributed by atoms with Crippen LogP contribution in [-0.2, 0) is 6.42 Å². The molecule has 4 aromatic rings. The Kier molecular flexibility index (Phi) is 5.58. The maximum Gasteiger partial charge on any atom is 0.128 e. The van der Waals surface area contributed by atoms with Crippen molar-refractivity contribution in [2.45, 2.75) is 25.9 Å². The minimum atomic E-state index is -0.502. The van der Waals surface area contributed by atoms with E-state index in [9.17, 15) is 5.11 Å². The van der Waals surface area contributed by atoms with Crippen molar-refractivity contribution < 1.29 is 9.84 Å². The van der Waals surface area contributed by atoms with Crippen LogP contribution in [0.3, 0.4) is 0 Å². The molecule has 1 N–H and O–H groups in total. The zero-order chi connectivity index (χ0) is 21.0. The first-order chi connectivity index (χ1) is 14.5. The number of ether oxygens (including phenoxy) is 1. The minimum absolute atomic E-state index is 0.301. The van der Waals surface area contributed by atoms with E-state index in [1.54, 1.807) is 6.07 Å². The Labute approximate surface area is 178 Å². The van der Waals surface area contributed by atoms with E-state index in [0.29, 0.717) is 12.2 Å². The SMILES string of the molecule is CC(C)(Cc1ccccc1O)Oc1cccc(-c2ccccc2)c1-c1ccccc1. The van der Waals surface area contributed by atoms with Crippen LogP contribution in [0.15, 0.2) is 103 Å². The average molecular weight is 395 g/mol. The van der Waals surface area contributed by atoms with Crippen molar-refractivity contribution in [1.29, 1.82) is 0 Å². The van der Waals surface area contributed by atoms with Gasteiger partial charge in [-0.25, -0.2) is 0 Å². The van der Waals surface area contributed by atoms with Crippen LogP contribution < -0.4 is 4.74 Å². The fourth-order valence-electron chi connectivity index (χ4n) is 3.83. The van der Waals surface area contributed by atoms with Crippen LogP contribution in [0.4, 0.5) is 0 Å². The molecule has 0 spiro atoms. The van der Waals surface area contributed by atoms with Gasteiger partial charge in [0.2, 0.25) is 0 Å². The molecule has 0 bridgehead atoms. The van der Waals surface area contributed by atoms with E-state index in [1.165, 1.54) is 0 Å². The molecule has 4 aromatic carbocycles. The molecule has 4 rings (SSSR count). The molecule has 0 atom stereocenters. The van der Waals surface area contributed by atoms with Crippen molar-refractivity contribution in [3.63, 3.8) is 0 Å². The summed E-state index contributed by atoms with van der Waals surface area (Å²) in [6, 6.07) is 34.4. The van der Waals surface area contributed by atoms with Gasteiger partial charge >= 0.3 is 0 Å². The number of rotatable bonds is 6. The molecule has 0 saturated carbocycles. The van der Waals surface area contributed by atoms with Crippen LogP contribution in [0.2, 0.25) is 0 Å². The van der Waals surface area contributed by atoms with E-state index < -0.39 is 5.60 Å². The summed E-state index contributed by atoms with van der Waals surface area (Å²) >= 11 is 0. The summed E-state index contributed by atoms with van der Waals surface area (Å²) in [7, 11) is 0. The predicted octanol–water partition coefficient (Wildman–Crippen LogP) is 7.13. The summed E-state index contributed by atoms with van der Waals surface area (Å²) in [5, 5.41) is 10.2. The highest BCUT2D eigenvalue weighted by Crippen LogP contribution is 2.41. The van der Waals surface area contributed by atoms with Gasteiger partial charge in [0.15, 0.2) is 0 Å². The lowest BCUT2D eigenvalue weighted by Crippen LogP contribution is -2.31. The highest BCUT2D eigenvalue weighted by atomic mass is 16.5. The van der Waals surface area contributed by atoms with E-state index in [4.69, 9.17) is 4.74 Å². The summed E-state index contributed by atoms with van der Waals surface area (Å²) in [4.78, 5) is 0. The third kappa shape index (κ3) is 4.38. The Balaban J connectivity index is 1.77. The fraction of sp³-hybridized carbons (Fsp3) is 0.143. The lowest BCUT2D eigenvalue weighted by Gasteiger charge is -2.29. The van der Waals surface area contributed by atoms with Crippen LogP contribution in [0.5, 0.6) is 11.5 Å². The third-order valence-electron chi connectivity index (χ3n) is 5.17. The van der Waals surface area contributed by atoms with Crippen LogP contribution in [0, 0.1) is 0 Å². The van der Waals surface area contributed by atoms with E-state index in [-0.39, 0.29) is 0 Å². The van der Waals surface area contributed by atoms with E-state index in [0.717, 1.165) is 33.6 Å². The Morgan fingerprint density at radius 2 is 1.27 bits per heavy atom. The van der Waals surface area contributed by atoms with Gasteiger partial charge in [0.05, 0.1) is 0 Å². The van der Waals surface area contributed by atoms with Crippen molar-refractivity contribution in [3.8, 4) is 33.8 Å². The van der Waals surface area contributed by atoms with Crippen molar-refractivity contribution in [3.05, 3.63) is 109 Å². The normalized spacial score (nSPS) is 11.3. The zero-order valence-corrected chi connectivity index (χ0v) is 17.4. The predicted molar refractivity (Wildman–Crippen MR) is 124 cm³/mol. The topological polar surface area (TPSA) is 29.5 Å². The maximum atomic E-state index is 10.2. The largest absolute Gasteiger partial charge is 0.508 e. The summed E-state index contributed by atoms with van der Waals surface area (Å²) < 4.78 is 6.60. The van der Waals surface area contributed by atoms with Crippen LogP contribution in [-0.4, -0.2) is 10.7 Å². The summed E-state index contributed by atoms with van der Waals surface area (Å²) in [5.41, 5.74) is 4.86. The van der Waals surface area contributed by atoms with E-state index in [1.807, 2.05) is 54.6 Å². The molecule has 0 radical (unpaired) electrons. The standard InChI is InChI=1S/C28H26O2/c1-28(2,20-23-16-9-10-18-25(23)29)30-26-19-11-17-24(21-12-5-3-6-13-21)27(26)22-14-7-4-8-15-22/h3-19,29H,20H2,1-2H3. The molecule has 2 nitrogen and oxygen atoms in total. The van der Waals surface area contributed by atoms with Gasteiger partial charge in [-0.15, -0.1) is 0 Å². The third-order valence-corrected chi connectivity index (χ3v) is 5.17. The van der Waals surface area contributed by atoms with E-state index in [2.05, 4.69) is 56.3 Å². The number of phenolic OH excluding ortho intramolecular Hbond substituents is 1. The number of para-hydroxylation sites is 1. The molecule has 0 aliphatic carbocycles. The van der Waals surface area contributed by atoms with Gasteiger partial charge in [-0.3, -0.25) is 0 Å². The molecule has 0 heterocycles. The number of benzene rings is 4. The lowest BCUT2D eigenvalue weighted by atomic mass is 9.93. The first kappa shape index (κ1) is 19.8. The number of hydrogen-bond donors (Lipinski definition) is 1. The summed E-state index contributed by atoms with van der Waals surface area (Å²) in [6.45, 7) is 4.12. The van der Waals surface area contributed by atoms with Gasteiger partial charge in [-0.05, 0) is 48.2 Å². The highest BCUT2D eigenvalue weighted by Gasteiger charge is 2.24. The van der Waals surface area contributed by atoms with Crippen molar-refractivity contribution in [2.75, 3.05) is 0 Å². The van der Waals surface area contributed by atoms with Crippen molar-refractivity contribution in [2.24, 2.45) is 0 Å². The van der Waals surface area contributed by atoms with Gasteiger partial charge in [-0.2, -0.15) is 0 Å². The molecule has 0 aliphatic rings. The molecular weight excluding hydrogens is 368 g/mol. The number of hydrogen-bond acceptors (Lipinski definition) is 2. The molecule has 0 fully saturated rings. The van der Waals surface area contributed by atoms with Gasteiger partial charge in [0.25, 0.3) is 0 Å². The van der Waals surface area contributed by atoms with Crippen LogP contribution in [0.1, 0.15) is 19.4 Å². The van der Waals surface area contributed by atoms with Crippen LogP contribution in [0.25, 0.3) is 22.3 Å². The van der Waals surface area contributed by atoms with Gasteiger partial charge in [-0.1, -0.05) is 91.0 Å². The monoisotopic (exact) mass is 394 g/mol. The smallest absolute Gasteiger partial charge is 0.128 e. The van der Waals surface area contributed by atoms with E-state index >= 15 is 0 Å². The Morgan fingerprint density at radius 3 is 1.93 bits per heavy atom. The maximum absolute atomic E-state index is 10.2.